The van der Waals surface area contributed by atoms with E-state index in [0.717, 1.165) is 41.2 Å². The van der Waals surface area contributed by atoms with Crippen LogP contribution in [0.2, 0.25) is 5.02 Å². The van der Waals surface area contributed by atoms with Crippen LogP contribution in [0.15, 0.2) is 79.0 Å². The molecule has 2 amide bonds. The number of hydrogen-bond donors (Lipinski definition) is 0. The van der Waals surface area contributed by atoms with Gasteiger partial charge >= 0.3 is 0 Å². The summed E-state index contributed by atoms with van der Waals surface area (Å²) in [6.45, 7) is 0.407. The van der Waals surface area contributed by atoms with Gasteiger partial charge in [-0.1, -0.05) is 39.7 Å². The summed E-state index contributed by atoms with van der Waals surface area (Å²) in [5, 5.41) is 0.185. The van der Waals surface area contributed by atoms with Gasteiger partial charge in [-0.05, 0) is 109 Å². The first-order valence-electron chi connectivity index (χ1n) is 9.21. The average molecular weight is 659 g/mol. The molecule has 1 aliphatic heterocycles. The van der Waals surface area contributed by atoms with E-state index in [1.54, 1.807) is 30.3 Å². The lowest BCUT2D eigenvalue weighted by molar-refractivity contribution is -0.113. The van der Waals surface area contributed by atoms with Crippen molar-refractivity contribution >= 4 is 94.1 Å². The predicted octanol–water partition coefficient (Wildman–Crippen LogP) is 8.45. The van der Waals surface area contributed by atoms with Crippen LogP contribution in [-0.4, -0.2) is 11.1 Å². The van der Waals surface area contributed by atoms with Crippen molar-refractivity contribution in [2.45, 2.75) is 6.61 Å². The van der Waals surface area contributed by atoms with E-state index in [1.165, 1.54) is 0 Å². The fourth-order valence-corrected chi connectivity index (χ4v) is 5.65. The number of ether oxygens (including phenoxy) is 1. The van der Waals surface area contributed by atoms with Gasteiger partial charge in [0.05, 0.1) is 19.5 Å². The van der Waals surface area contributed by atoms with Crippen LogP contribution in [0, 0.1) is 0 Å². The minimum absolute atomic E-state index is 0.340. The minimum atomic E-state index is -0.370. The summed E-state index contributed by atoms with van der Waals surface area (Å²) in [5.74, 6) is 0.282. The Morgan fingerprint density at radius 1 is 0.938 bits per heavy atom. The molecule has 0 radical (unpaired) electrons. The third-order valence-corrected chi connectivity index (χ3v) is 7.32. The van der Waals surface area contributed by atoms with Crippen molar-refractivity contribution in [2.24, 2.45) is 0 Å². The second kappa shape index (κ2) is 10.1. The van der Waals surface area contributed by atoms with E-state index in [1.807, 2.05) is 36.4 Å². The highest BCUT2D eigenvalue weighted by Crippen LogP contribution is 2.39. The summed E-state index contributed by atoms with van der Waals surface area (Å²) in [4.78, 5) is 26.8. The molecule has 4 rings (SSSR count). The summed E-state index contributed by atoms with van der Waals surface area (Å²) >= 11 is 17.3. The number of nitrogens with zero attached hydrogens (tertiary/aromatic N) is 1. The van der Waals surface area contributed by atoms with Gasteiger partial charge in [-0.15, -0.1) is 0 Å². The van der Waals surface area contributed by atoms with Crippen LogP contribution in [0.3, 0.4) is 0 Å². The third kappa shape index (κ3) is 5.31. The maximum atomic E-state index is 12.9. The molecule has 0 unspecified atom stereocenters. The Bertz CT molecular complexity index is 1210. The van der Waals surface area contributed by atoms with Crippen LogP contribution in [0.5, 0.6) is 5.75 Å². The maximum Gasteiger partial charge on any atom is 0.298 e. The highest BCUT2D eigenvalue weighted by Gasteiger charge is 2.36. The van der Waals surface area contributed by atoms with Crippen molar-refractivity contribution < 1.29 is 14.3 Å². The number of carbonyl (C=O) groups excluding carboxylic acids is 2. The molecule has 1 heterocycles. The van der Waals surface area contributed by atoms with Crippen LogP contribution in [0.4, 0.5) is 10.5 Å². The zero-order valence-corrected chi connectivity index (χ0v) is 22.5. The molecule has 0 spiro atoms. The molecule has 0 N–H and O–H groups in total. The second-order valence-electron chi connectivity index (χ2n) is 6.72. The Morgan fingerprint density at radius 2 is 1.56 bits per heavy atom. The summed E-state index contributed by atoms with van der Waals surface area (Å²) < 4.78 is 8.43. The Balaban J connectivity index is 1.54. The molecule has 162 valence electrons. The molecule has 32 heavy (non-hydrogen) atoms. The van der Waals surface area contributed by atoms with E-state index >= 15 is 0 Å². The molecular formula is C23H13Br3ClNO3S. The third-order valence-electron chi connectivity index (χ3n) is 4.49. The average Bonchev–Trinajstić information content (AvgIpc) is 3.02. The molecule has 0 atom stereocenters. The van der Waals surface area contributed by atoms with Gasteiger partial charge in [-0.2, -0.15) is 0 Å². The summed E-state index contributed by atoms with van der Waals surface area (Å²) in [6, 6.07) is 18.2. The van der Waals surface area contributed by atoms with Crippen LogP contribution >= 0.6 is 71.2 Å². The Labute approximate surface area is 219 Å². The fraction of sp³-hybridized carbons (Fsp3) is 0.0435. The van der Waals surface area contributed by atoms with Gasteiger partial charge in [-0.3, -0.25) is 9.59 Å². The van der Waals surface area contributed by atoms with Crippen LogP contribution < -0.4 is 9.64 Å². The quantitative estimate of drug-likeness (QED) is 0.258. The van der Waals surface area contributed by atoms with Crippen molar-refractivity contribution in [3.8, 4) is 5.75 Å². The summed E-state index contributed by atoms with van der Waals surface area (Å²) in [7, 11) is 0. The molecule has 4 nitrogen and oxygen atoms in total. The van der Waals surface area contributed by atoms with Gasteiger partial charge in [0.15, 0.2) is 0 Å². The molecule has 0 aliphatic carbocycles. The first kappa shape index (κ1) is 23.6. The number of thioether (sulfide) groups is 1. The summed E-state index contributed by atoms with van der Waals surface area (Å²) in [5.41, 5.74) is 2.27. The van der Waals surface area contributed by atoms with E-state index < -0.39 is 0 Å². The number of rotatable bonds is 5. The Morgan fingerprint density at radius 3 is 2.19 bits per heavy atom. The van der Waals surface area contributed by atoms with E-state index in [2.05, 4.69) is 47.8 Å². The minimum Gasteiger partial charge on any atom is -0.487 e. The highest BCUT2D eigenvalue weighted by atomic mass is 79.9. The lowest BCUT2D eigenvalue weighted by Crippen LogP contribution is -2.27. The van der Waals surface area contributed by atoms with E-state index in [-0.39, 0.29) is 11.1 Å². The van der Waals surface area contributed by atoms with Crippen molar-refractivity contribution in [1.29, 1.82) is 0 Å². The normalized spacial score (nSPS) is 15.0. The van der Waals surface area contributed by atoms with E-state index in [0.29, 0.717) is 28.0 Å². The molecule has 3 aromatic rings. The Kier molecular flexibility index (Phi) is 7.47. The maximum absolute atomic E-state index is 12.9. The smallest absolute Gasteiger partial charge is 0.298 e. The Hall–Kier alpha value is -1.58. The van der Waals surface area contributed by atoms with Crippen molar-refractivity contribution in [3.63, 3.8) is 0 Å². The zero-order chi connectivity index (χ0) is 22.8. The number of halogens is 4. The van der Waals surface area contributed by atoms with Gasteiger partial charge in [0.25, 0.3) is 11.1 Å². The van der Waals surface area contributed by atoms with Crippen molar-refractivity contribution in [1.82, 2.24) is 0 Å². The lowest BCUT2D eigenvalue weighted by atomic mass is 10.2. The van der Waals surface area contributed by atoms with E-state index in [4.69, 9.17) is 16.3 Å². The van der Waals surface area contributed by atoms with Crippen LogP contribution in [0.1, 0.15) is 11.1 Å². The lowest BCUT2D eigenvalue weighted by Gasteiger charge is -2.12. The SMILES string of the molecule is O=C1S/C(=C/c2cc(Br)c(OCc3ccc(Br)cc3)c(Br)c2)C(=O)N1c1ccc(Cl)cc1. The molecule has 9 heteroatoms. The number of imide groups is 1. The first-order valence-corrected chi connectivity index (χ1v) is 12.8. The molecule has 1 saturated heterocycles. The highest BCUT2D eigenvalue weighted by molar-refractivity contribution is 9.11. The molecule has 1 fully saturated rings. The predicted molar refractivity (Wildman–Crippen MR) is 140 cm³/mol. The number of benzene rings is 3. The largest absolute Gasteiger partial charge is 0.487 e. The zero-order valence-electron chi connectivity index (χ0n) is 16.2. The number of carbonyl (C=O) groups is 2. The molecule has 3 aromatic carbocycles. The van der Waals surface area contributed by atoms with Crippen LogP contribution in [-0.2, 0) is 11.4 Å². The molecule has 1 aliphatic rings. The standard InChI is InChI=1S/C23H13Br3ClNO3S/c24-15-3-1-13(2-4-15)12-31-21-18(25)9-14(10-19(21)26)11-20-22(29)28(23(30)32-20)17-7-5-16(27)6-8-17/h1-11H,12H2/b20-11+. The number of hydrogen-bond acceptors (Lipinski definition) is 4. The summed E-state index contributed by atoms with van der Waals surface area (Å²) in [6.07, 6.45) is 1.69. The monoisotopic (exact) mass is 655 g/mol. The first-order chi connectivity index (χ1) is 15.3. The molecule has 0 bridgehead atoms. The second-order valence-corrected chi connectivity index (χ2v) is 10.8. The van der Waals surface area contributed by atoms with Gasteiger partial charge in [0.1, 0.15) is 12.4 Å². The van der Waals surface area contributed by atoms with Crippen LogP contribution in [0.25, 0.3) is 6.08 Å². The number of anilines is 1. The molecular weight excluding hydrogens is 645 g/mol. The number of amides is 2. The fourth-order valence-electron chi connectivity index (χ4n) is 2.97. The van der Waals surface area contributed by atoms with Gasteiger partial charge in [0.2, 0.25) is 0 Å². The van der Waals surface area contributed by atoms with Gasteiger partial charge in [-0.25, -0.2) is 4.90 Å². The topological polar surface area (TPSA) is 46.6 Å². The molecule has 0 saturated carbocycles. The van der Waals surface area contributed by atoms with Crippen molar-refractivity contribution in [3.05, 3.63) is 95.1 Å². The van der Waals surface area contributed by atoms with Crippen molar-refractivity contribution in [2.75, 3.05) is 4.90 Å². The van der Waals surface area contributed by atoms with E-state index in [9.17, 15) is 9.59 Å². The molecule has 0 aromatic heterocycles. The van der Waals surface area contributed by atoms with Gasteiger partial charge in [0, 0.05) is 9.50 Å². The van der Waals surface area contributed by atoms with Gasteiger partial charge < -0.3 is 4.74 Å².